The summed E-state index contributed by atoms with van der Waals surface area (Å²) in [5, 5.41) is 6.92. The molecule has 0 radical (unpaired) electrons. The number of nitrogens with one attached hydrogen (secondary N) is 1. The van der Waals surface area contributed by atoms with Crippen LogP contribution in [0.3, 0.4) is 0 Å². The second kappa shape index (κ2) is 7.17. The second-order valence-electron chi connectivity index (χ2n) is 4.88. The lowest BCUT2D eigenvalue weighted by Crippen LogP contribution is -2.20. The molecule has 2 aromatic rings. The average molecular weight is 293 g/mol. The van der Waals surface area contributed by atoms with Gasteiger partial charge in [0.2, 0.25) is 0 Å². The number of hydrogen-bond acceptors (Lipinski definition) is 5. The van der Waals surface area contributed by atoms with Crippen LogP contribution in [0.2, 0.25) is 0 Å². The second-order valence-corrected chi connectivity index (χ2v) is 4.88. The molecule has 0 aliphatic rings. The lowest BCUT2D eigenvalue weighted by atomic mass is 10.1. The van der Waals surface area contributed by atoms with Crippen LogP contribution in [-0.2, 0) is 6.61 Å². The Hall–Kier alpha value is -1.95. The van der Waals surface area contributed by atoms with Crippen molar-refractivity contribution in [2.75, 3.05) is 6.54 Å². The topological polar surface area (TPSA) is 60.2 Å². The number of rotatable bonds is 7. The van der Waals surface area contributed by atoms with Crippen LogP contribution in [0.5, 0.6) is 5.75 Å². The monoisotopic (exact) mass is 293 g/mol. The maximum absolute atomic E-state index is 14.1. The van der Waals surface area contributed by atoms with Gasteiger partial charge >= 0.3 is 0 Å². The molecule has 0 fully saturated rings. The maximum atomic E-state index is 14.1. The third-order valence-corrected chi connectivity index (χ3v) is 3.07. The quantitative estimate of drug-likeness (QED) is 0.849. The zero-order valence-electron chi connectivity index (χ0n) is 12.5. The molecule has 1 aromatic heterocycles. The van der Waals surface area contributed by atoms with Gasteiger partial charge in [-0.25, -0.2) is 4.39 Å². The maximum Gasteiger partial charge on any atom is 0.264 e. The summed E-state index contributed by atoms with van der Waals surface area (Å²) in [6.45, 7) is 6.73. The standard InChI is InChI=1S/C15H20FN3O2/c1-4-7-17-10(2)13-6-5-12(8-14(13)16)20-9-15-18-11(3)19-21-15/h5-6,8,10,17H,4,7,9H2,1-3H3. The van der Waals surface area contributed by atoms with Crippen LogP contribution < -0.4 is 10.1 Å². The largest absolute Gasteiger partial charge is 0.484 e. The Balaban J connectivity index is 1.98. The minimum atomic E-state index is -0.287. The van der Waals surface area contributed by atoms with Gasteiger partial charge in [0.15, 0.2) is 12.4 Å². The number of aryl methyl sites for hydroxylation is 1. The molecule has 1 aromatic carbocycles. The third-order valence-electron chi connectivity index (χ3n) is 3.07. The zero-order valence-corrected chi connectivity index (χ0v) is 12.5. The van der Waals surface area contributed by atoms with E-state index in [4.69, 9.17) is 9.26 Å². The Morgan fingerprint density at radius 2 is 2.24 bits per heavy atom. The van der Waals surface area contributed by atoms with Gasteiger partial charge in [-0.15, -0.1) is 0 Å². The van der Waals surface area contributed by atoms with E-state index >= 15 is 0 Å². The predicted octanol–water partition coefficient (Wildman–Crippen LogP) is 3.16. The third kappa shape index (κ3) is 4.26. The van der Waals surface area contributed by atoms with Crippen molar-refractivity contribution in [2.45, 2.75) is 39.8 Å². The Morgan fingerprint density at radius 3 is 2.86 bits per heavy atom. The fraction of sp³-hybridized carbons (Fsp3) is 0.467. The molecule has 114 valence electrons. The Labute approximate surface area is 123 Å². The van der Waals surface area contributed by atoms with E-state index in [1.165, 1.54) is 6.07 Å². The fourth-order valence-electron chi connectivity index (χ4n) is 1.96. The molecule has 21 heavy (non-hydrogen) atoms. The molecule has 0 saturated carbocycles. The van der Waals surface area contributed by atoms with Crippen molar-refractivity contribution in [3.63, 3.8) is 0 Å². The summed E-state index contributed by atoms with van der Waals surface area (Å²) in [6, 6.07) is 4.82. The van der Waals surface area contributed by atoms with Crippen molar-refractivity contribution >= 4 is 0 Å². The van der Waals surface area contributed by atoms with Gasteiger partial charge in [-0.3, -0.25) is 0 Å². The van der Waals surface area contributed by atoms with E-state index in [9.17, 15) is 4.39 Å². The first-order chi connectivity index (χ1) is 10.1. The van der Waals surface area contributed by atoms with Gasteiger partial charge in [0.05, 0.1) is 0 Å². The van der Waals surface area contributed by atoms with Gasteiger partial charge in [0.1, 0.15) is 11.6 Å². The lowest BCUT2D eigenvalue weighted by Gasteiger charge is -2.15. The van der Waals surface area contributed by atoms with E-state index in [0.717, 1.165) is 13.0 Å². The van der Waals surface area contributed by atoms with Crippen LogP contribution >= 0.6 is 0 Å². The summed E-state index contributed by atoms with van der Waals surface area (Å²) < 4.78 is 24.5. The molecule has 1 N–H and O–H groups in total. The van der Waals surface area contributed by atoms with Gasteiger partial charge in [0.25, 0.3) is 5.89 Å². The summed E-state index contributed by atoms with van der Waals surface area (Å²) in [5.74, 6) is 1.07. The Morgan fingerprint density at radius 1 is 1.43 bits per heavy atom. The molecule has 5 nitrogen and oxygen atoms in total. The van der Waals surface area contributed by atoms with E-state index in [1.807, 2.05) is 6.92 Å². The van der Waals surface area contributed by atoms with E-state index < -0.39 is 0 Å². The highest BCUT2D eigenvalue weighted by molar-refractivity contribution is 5.30. The number of benzene rings is 1. The summed E-state index contributed by atoms with van der Waals surface area (Å²) in [4.78, 5) is 4.02. The van der Waals surface area contributed by atoms with Gasteiger partial charge in [-0.1, -0.05) is 18.1 Å². The van der Waals surface area contributed by atoms with Crippen LogP contribution in [0.1, 0.15) is 43.6 Å². The van der Waals surface area contributed by atoms with Crippen molar-refractivity contribution in [2.24, 2.45) is 0 Å². The van der Waals surface area contributed by atoms with Crippen molar-refractivity contribution in [1.82, 2.24) is 15.5 Å². The lowest BCUT2D eigenvalue weighted by molar-refractivity contribution is 0.241. The van der Waals surface area contributed by atoms with Crippen molar-refractivity contribution in [1.29, 1.82) is 0 Å². The van der Waals surface area contributed by atoms with Crippen LogP contribution in [0.4, 0.5) is 4.39 Å². The molecular weight excluding hydrogens is 273 g/mol. The van der Waals surface area contributed by atoms with E-state index in [2.05, 4.69) is 22.4 Å². The Bertz CT molecular complexity index is 586. The molecule has 0 bridgehead atoms. The van der Waals surface area contributed by atoms with Gasteiger partial charge in [-0.05, 0) is 32.9 Å². The summed E-state index contributed by atoms with van der Waals surface area (Å²) in [7, 11) is 0. The van der Waals surface area contributed by atoms with Crippen LogP contribution in [-0.4, -0.2) is 16.7 Å². The highest BCUT2D eigenvalue weighted by atomic mass is 19.1. The molecule has 0 spiro atoms. The molecule has 6 heteroatoms. The van der Waals surface area contributed by atoms with Crippen molar-refractivity contribution in [3.8, 4) is 5.75 Å². The smallest absolute Gasteiger partial charge is 0.264 e. The predicted molar refractivity (Wildman–Crippen MR) is 76.5 cm³/mol. The van der Waals surface area contributed by atoms with Gasteiger partial charge in [0, 0.05) is 17.7 Å². The SMILES string of the molecule is CCCNC(C)c1ccc(OCc2nc(C)no2)cc1F. The first-order valence-corrected chi connectivity index (χ1v) is 7.05. The first-order valence-electron chi connectivity index (χ1n) is 7.05. The molecule has 0 aliphatic carbocycles. The molecule has 1 atom stereocenters. The van der Waals surface area contributed by atoms with Crippen LogP contribution in [0.25, 0.3) is 0 Å². The summed E-state index contributed by atoms with van der Waals surface area (Å²) in [5.41, 5.74) is 0.629. The van der Waals surface area contributed by atoms with E-state index in [-0.39, 0.29) is 18.5 Å². The van der Waals surface area contributed by atoms with Gasteiger partial charge < -0.3 is 14.6 Å². The average Bonchev–Trinajstić information content (AvgIpc) is 2.88. The van der Waals surface area contributed by atoms with E-state index in [1.54, 1.807) is 19.1 Å². The highest BCUT2D eigenvalue weighted by Gasteiger charge is 2.12. The van der Waals surface area contributed by atoms with Crippen molar-refractivity contribution in [3.05, 3.63) is 41.3 Å². The summed E-state index contributed by atoms with van der Waals surface area (Å²) in [6.07, 6.45) is 1.01. The number of aromatic nitrogens is 2. The number of nitrogens with zero attached hydrogens (tertiary/aromatic N) is 2. The van der Waals surface area contributed by atoms with Crippen LogP contribution in [0.15, 0.2) is 22.7 Å². The molecule has 0 amide bonds. The van der Waals surface area contributed by atoms with Gasteiger partial charge in [-0.2, -0.15) is 4.98 Å². The molecule has 1 unspecified atom stereocenters. The number of ether oxygens (including phenoxy) is 1. The highest BCUT2D eigenvalue weighted by Crippen LogP contribution is 2.22. The molecule has 2 rings (SSSR count). The zero-order chi connectivity index (χ0) is 15.2. The normalized spacial score (nSPS) is 12.4. The Kier molecular flexibility index (Phi) is 5.27. The first kappa shape index (κ1) is 15.4. The molecule has 1 heterocycles. The van der Waals surface area contributed by atoms with E-state index in [0.29, 0.717) is 23.0 Å². The summed E-state index contributed by atoms with van der Waals surface area (Å²) >= 11 is 0. The number of halogens is 1. The van der Waals surface area contributed by atoms with Crippen LogP contribution in [0, 0.1) is 12.7 Å². The minimum Gasteiger partial charge on any atom is -0.484 e. The minimum absolute atomic E-state index is 0.0300. The fourth-order valence-corrected chi connectivity index (χ4v) is 1.96. The molecular formula is C15H20FN3O2. The van der Waals surface area contributed by atoms with Crippen molar-refractivity contribution < 1.29 is 13.7 Å². The molecule has 0 saturated heterocycles. The number of hydrogen-bond donors (Lipinski definition) is 1. The molecule has 0 aliphatic heterocycles.